The SMILES string of the molecule is COCCCNC1CC(c2ccccc2F)C1. The van der Waals surface area contributed by atoms with Gasteiger partial charge in [0.2, 0.25) is 0 Å². The first kappa shape index (κ1) is 12.5. The van der Waals surface area contributed by atoms with Crippen molar-refractivity contribution < 1.29 is 9.13 Å². The molecule has 0 atom stereocenters. The van der Waals surface area contributed by atoms with Gasteiger partial charge in [0.1, 0.15) is 5.82 Å². The minimum atomic E-state index is -0.0599. The van der Waals surface area contributed by atoms with Crippen LogP contribution in [0.4, 0.5) is 4.39 Å². The summed E-state index contributed by atoms with van der Waals surface area (Å²) in [5.41, 5.74) is 0.877. The fourth-order valence-corrected chi connectivity index (χ4v) is 2.37. The topological polar surface area (TPSA) is 21.3 Å². The van der Waals surface area contributed by atoms with Crippen molar-refractivity contribution >= 4 is 0 Å². The van der Waals surface area contributed by atoms with E-state index in [1.807, 2.05) is 12.1 Å². The van der Waals surface area contributed by atoms with Crippen LogP contribution in [0, 0.1) is 5.82 Å². The lowest BCUT2D eigenvalue weighted by Crippen LogP contribution is -2.40. The fourth-order valence-electron chi connectivity index (χ4n) is 2.37. The molecule has 1 fully saturated rings. The largest absolute Gasteiger partial charge is 0.385 e. The molecule has 0 amide bonds. The molecule has 1 aromatic rings. The third-order valence-electron chi connectivity index (χ3n) is 3.44. The molecular weight excluding hydrogens is 217 g/mol. The molecule has 3 heteroatoms. The zero-order valence-corrected chi connectivity index (χ0v) is 10.3. The highest BCUT2D eigenvalue weighted by molar-refractivity contribution is 5.24. The molecule has 1 aliphatic carbocycles. The van der Waals surface area contributed by atoms with Gasteiger partial charge in [0.05, 0.1) is 0 Å². The van der Waals surface area contributed by atoms with Crippen LogP contribution in [-0.4, -0.2) is 26.3 Å². The van der Waals surface area contributed by atoms with Crippen molar-refractivity contribution in [3.05, 3.63) is 35.6 Å². The van der Waals surface area contributed by atoms with Gasteiger partial charge in [-0.05, 0) is 43.4 Å². The van der Waals surface area contributed by atoms with Gasteiger partial charge in [0.25, 0.3) is 0 Å². The average Bonchev–Trinajstić information content (AvgIpc) is 2.28. The summed E-state index contributed by atoms with van der Waals surface area (Å²) in [5.74, 6) is 0.339. The predicted molar refractivity (Wildman–Crippen MR) is 66.7 cm³/mol. The second-order valence-electron chi connectivity index (χ2n) is 4.69. The summed E-state index contributed by atoms with van der Waals surface area (Å²) in [7, 11) is 1.72. The lowest BCUT2D eigenvalue weighted by atomic mass is 9.75. The number of hydrogen-bond acceptors (Lipinski definition) is 2. The summed E-state index contributed by atoms with van der Waals surface area (Å²) in [4.78, 5) is 0. The van der Waals surface area contributed by atoms with Gasteiger partial charge in [-0.1, -0.05) is 18.2 Å². The van der Waals surface area contributed by atoms with E-state index >= 15 is 0 Å². The highest BCUT2D eigenvalue weighted by atomic mass is 19.1. The summed E-state index contributed by atoms with van der Waals surface area (Å²) < 4.78 is 18.5. The molecule has 0 heterocycles. The molecule has 17 heavy (non-hydrogen) atoms. The second kappa shape index (κ2) is 6.12. The summed E-state index contributed by atoms with van der Waals surface area (Å²) in [6, 6.07) is 7.67. The summed E-state index contributed by atoms with van der Waals surface area (Å²) in [6.07, 6.45) is 3.14. The Kier molecular flexibility index (Phi) is 4.51. The minimum absolute atomic E-state index is 0.0599. The Bertz CT molecular complexity index is 350. The van der Waals surface area contributed by atoms with Crippen LogP contribution in [0.3, 0.4) is 0 Å². The Labute approximate surface area is 102 Å². The fraction of sp³-hybridized carbons (Fsp3) is 0.571. The van der Waals surface area contributed by atoms with E-state index < -0.39 is 0 Å². The average molecular weight is 237 g/mol. The molecule has 2 nitrogen and oxygen atoms in total. The van der Waals surface area contributed by atoms with Gasteiger partial charge in [-0.15, -0.1) is 0 Å². The number of rotatable bonds is 6. The van der Waals surface area contributed by atoms with Crippen LogP contribution >= 0.6 is 0 Å². The summed E-state index contributed by atoms with van der Waals surface area (Å²) in [6.45, 7) is 1.79. The van der Waals surface area contributed by atoms with Gasteiger partial charge in [0, 0.05) is 19.8 Å². The van der Waals surface area contributed by atoms with Gasteiger partial charge in [0.15, 0.2) is 0 Å². The first-order valence-electron chi connectivity index (χ1n) is 6.28. The van der Waals surface area contributed by atoms with E-state index in [-0.39, 0.29) is 5.82 Å². The smallest absolute Gasteiger partial charge is 0.126 e. The number of ether oxygens (including phenoxy) is 1. The van der Waals surface area contributed by atoms with Crippen molar-refractivity contribution in [3.63, 3.8) is 0 Å². The Morgan fingerprint density at radius 3 is 2.82 bits per heavy atom. The Balaban J connectivity index is 1.70. The van der Waals surface area contributed by atoms with Crippen LogP contribution in [-0.2, 0) is 4.74 Å². The molecule has 0 radical (unpaired) electrons. The summed E-state index contributed by atoms with van der Waals surface area (Å²) >= 11 is 0. The van der Waals surface area contributed by atoms with E-state index in [1.165, 1.54) is 0 Å². The van der Waals surface area contributed by atoms with Crippen molar-refractivity contribution in [3.8, 4) is 0 Å². The van der Waals surface area contributed by atoms with Gasteiger partial charge >= 0.3 is 0 Å². The monoisotopic (exact) mass is 237 g/mol. The maximum atomic E-state index is 13.5. The third-order valence-corrected chi connectivity index (χ3v) is 3.44. The van der Waals surface area contributed by atoms with Crippen LogP contribution in [0.15, 0.2) is 24.3 Å². The van der Waals surface area contributed by atoms with Crippen molar-refractivity contribution in [1.29, 1.82) is 0 Å². The van der Waals surface area contributed by atoms with E-state index in [0.717, 1.165) is 38.0 Å². The Hall–Kier alpha value is -0.930. The van der Waals surface area contributed by atoms with E-state index in [9.17, 15) is 4.39 Å². The van der Waals surface area contributed by atoms with Gasteiger partial charge in [-0.25, -0.2) is 4.39 Å². The van der Waals surface area contributed by atoms with Crippen molar-refractivity contribution in [2.75, 3.05) is 20.3 Å². The molecular formula is C14H20FNO. The Morgan fingerprint density at radius 2 is 2.12 bits per heavy atom. The summed E-state index contributed by atoms with van der Waals surface area (Å²) in [5, 5.41) is 3.47. The highest BCUT2D eigenvalue weighted by Gasteiger charge is 2.31. The molecule has 1 N–H and O–H groups in total. The normalized spacial score (nSPS) is 23.4. The number of nitrogens with one attached hydrogen (secondary N) is 1. The second-order valence-corrected chi connectivity index (χ2v) is 4.69. The van der Waals surface area contributed by atoms with Gasteiger partial charge in [-0.2, -0.15) is 0 Å². The lowest BCUT2D eigenvalue weighted by molar-refractivity contribution is 0.189. The van der Waals surface area contributed by atoms with Crippen LogP contribution in [0.2, 0.25) is 0 Å². The molecule has 0 aromatic heterocycles. The molecule has 2 rings (SSSR count). The molecule has 0 unspecified atom stereocenters. The zero-order chi connectivity index (χ0) is 12.1. The van der Waals surface area contributed by atoms with Crippen molar-refractivity contribution in [1.82, 2.24) is 5.32 Å². The quantitative estimate of drug-likeness (QED) is 0.768. The lowest BCUT2D eigenvalue weighted by Gasteiger charge is -2.36. The highest BCUT2D eigenvalue weighted by Crippen LogP contribution is 2.37. The van der Waals surface area contributed by atoms with Gasteiger partial charge < -0.3 is 10.1 Å². The van der Waals surface area contributed by atoms with E-state index in [1.54, 1.807) is 19.2 Å². The predicted octanol–water partition coefficient (Wildman–Crippen LogP) is 2.70. The zero-order valence-electron chi connectivity index (χ0n) is 10.3. The van der Waals surface area contributed by atoms with E-state index in [0.29, 0.717) is 12.0 Å². The first-order chi connectivity index (χ1) is 8.31. The Morgan fingerprint density at radius 1 is 1.35 bits per heavy atom. The molecule has 1 aromatic carbocycles. The molecule has 1 aliphatic rings. The van der Waals surface area contributed by atoms with Crippen molar-refractivity contribution in [2.24, 2.45) is 0 Å². The van der Waals surface area contributed by atoms with Crippen LogP contribution in [0.25, 0.3) is 0 Å². The molecule has 0 saturated heterocycles. The number of methoxy groups -OCH3 is 1. The van der Waals surface area contributed by atoms with E-state index in [4.69, 9.17) is 4.74 Å². The molecule has 94 valence electrons. The van der Waals surface area contributed by atoms with Crippen LogP contribution in [0.1, 0.15) is 30.7 Å². The molecule has 1 saturated carbocycles. The maximum Gasteiger partial charge on any atom is 0.126 e. The van der Waals surface area contributed by atoms with Gasteiger partial charge in [-0.3, -0.25) is 0 Å². The number of hydrogen-bond donors (Lipinski definition) is 1. The molecule has 0 aliphatic heterocycles. The first-order valence-corrected chi connectivity index (χ1v) is 6.28. The standard InChI is InChI=1S/C14H20FNO/c1-17-8-4-7-16-12-9-11(10-12)13-5-2-3-6-14(13)15/h2-3,5-6,11-12,16H,4,7-10H2,1H3. The number of benzene rings is 1. The van der Waals surface area contributed by atoms with E-state index in [2.05, 4.69) is 5.32 Å². The van der Waals surface area contributed by atoms with Crippen LogP contribution in [0.5, 0.6) is 0 Å². The van der Waals surface area contributed by atoms with Crippen LogP contribution < -0.4 is 5.32 Å². The minimum Gasteiger partial charge on any atom is -0.385 e. The molecule has 0 spiro atoms. The van der Waals surface area contributed by atoms with Crippen molar-refractivity contribution in [2.45, 2.75) is 31.2 Å². The number of halogens is 1. The maximum absolute atomic E-state index is 13.5. The molecule has 0 bridgehead atoms. The third kappa shape index (κ3) is 3.27.